The predicted octanol–water partition coefficient (Wildman–Crippen LogP) is 3.91. The van der Waals surface area contributed by atoms with E-state index in [4.69, 9.17) is 4.74 Å². The Morgan fingerprint density at radius 2 is 1.93 bits per heavy atom. The molecule has 27 heavy (non-hydrogen) atoms. The Labute approximate surface area is 162 Å². The highest BCUT2D eigenvalue weighted by atomic mass is 16.5. The van der Waals surface area contributed by atoms with Gasteiger partial charge in [-0.1, -0.05) is 39.3 Å². The first-order valence-corrected chi connectivity index (χ1v) is 10.2. The van der Waals surface area contributed by atoms with Gasteiger partial charge in [0.25, 0.3) is 5.91 Å². The number of hydrogen-bond acceptors (Lipinski definition) is 3. The fourth-order valence-corrected chi connectivity index (χ4v) is 4.22. The molecule has 5 nitrogen and oxygen atoms in total. The number of anilines is 1. The van der Waals surface area contributed by atoms with Gasteiger partial charge in [0.2, 0.25) is 5.91 Å². The average Bonchev–Trinajstić information content (AvgIpc) is 2.67. The summed E-state index contributed by atoms with van der Waals surface area (Å²) in [5.74, 6) is 1.39. The number of nitrogens with zero attached hydrogens (tertiary/aromatic N) is 1. The number of nitrogens with one attached hydrogen (secondary N) is 1. The van der Waals surface area contributed by atoms with Crippen LogP contribution in [0.3, 0.4) is 0 Å². The molecule has 5 heteroatoms. The molecule has 0 spiro atoms. The molecule has 1 fully saturated rings. The number of benzene rings is 1. The van der Waals surface area contributed by atoms with E-state index in [-0.39, 0.29) is 24.5 Å². The zero-order chi connectivity index (χ0) is 19.4. The molecule has 0 saturated heterocycles. The molecule has 2 amide bonds. The van der Waals surface area contributed by atoms with Gasteiger partial charge in [-0.15, -0.1) is 0 Å². The average molecular weight is 373 g/mol. The summed E-state index contributed by atoms with van der Waals surface area (Å²) in [6.07, 6.45) is 5.99. The first-order valence-electron chi connectivity index (χ1n) is 10.2. The van der Waals surface area contributed by atoms with Gasteiger partial charge in [-0.05, 0) is 49.1 Å². The Hall–Kier alpha value is -2.04. The normalized spacial score (nSPS) is 22.8. The molecule has 148 valence electrons. The molecular formula is C22H32N2O3. The van der Waals surface area contributed by atoms with Gasteiger partial charge >= 0.3 is 0 Å². The maximum absolute atomic E-state index is 12.4. The second-order valence-electron chi connectivity index (χ2n) is 8.51. The Morgan fingerprint density at radius 3 is 2.63 bits per heavy atom. The maximum atomic E-state index is 12.4. The Bertz CT molecular complexity index is 678. The van der Waals surface area contributed by atoms with Crippen molar-refractivity contribution < 1.29 is 14.3 Å². The largest absolute Gasteiger partial charge is 0.482 e. The maximum Gasteiger partial charge on any atom is 0.265 e. The molecule has 0 atom stereocenters. The molecule has 1 N–H and O–H groups in total. The summed E-state index contributed by atoms with van der Waals surface area (Å²) in [7, 11) is 0. The molecule has 1 aliphatic carbocycles. The minimum atomic E-state index is -0.0937. The number of rotatable bonds is 6. The van der Waals surface area contributed by atoms with Crippen LogP contribution in [0, 0.1) is 11.3 Å². The van der Waals surface area contributed by atoms with Gasteiger partial charge in [0.05, 0.1) is 5.69 Å². The van der Waals surface area contributed by atoms with Crippen molar-refractivity contribution in [2.75, 3.05) is 18.1 Å². The number of hydrogen-bond donors (Lipinski definition) is 1. The smallest absolute Gasteiger partial charge is 0.265 e. The molecule has 0 unspecified atom stereocenters. The Morgan fingerprint density at radius 1 is 1.22 bits per heavy atom. The van der Waals surface area contributed by atoms with Crippen LogP contribution in [0.5, 0.6) is 5.75 Å². The molecule has 3 rings (SSSR count). The van der Waals surface area contributed by atoms with E-state index in [0.29, 0.717) is 24.1 Å². The predicted molar refractivity (Wildman–Crippen MR) is 107 cm³/mol. The van der Waals surface area contributed by atoms with Gasteiger partial charge in [0.15, 0.2) is 6.61 Å². The van der Waals surface area contributed by atoms with Crippen molar-refractivity contribution in [3.05, 3.63) is 24.3 Å². The van der Waals surface area contributed by atoms with Crippen molar-refractivity contribution in [2.45, 2.75) is 65.3 Å². The fraction of sp³-hybridized carbons (Fsp3) is 0.636. The zero-order valence-electron chi connectivity index (χ0n) is 16.8. The molecule has 2 aliphatic rings. The fourth-order valence-electron chi connectivity index (χ4n) is 4.22. The molecule has 1 aromatic carbocycles. The zero-order valence-corrected chi connectivity index (χ0v) is 16.8. The monoisotopic (exact) mass is 372 g/mol. The van der Waals surface area contributed by atoms with Crippen LogP contribution in [0.2, 0.25) is 0 Å². The second-order valence-corrected chi connectivity index (χ2v) is 8.51. The van der Waals surface area contributed by atoms with Gasteiger partial charge in [0, 0.05) is 19.0 Å². The number of fused-ring (bicyclic) bond motifs is 1. The topological polar surface area (TPSA) is 58.6 Å². The van der Waals surface area contributed by atoms with Gasteiger partial charge in [-0.2, -0.15) is 0 Å². The summed E-state index contributed by atoms with van der Waals surface area (Å²) in [5.41, 5.74) is 1.14. The van der Waals surface area contributed by atoms with Crippen molar-refractivity contribution in [3.63, 3.8) is 0 Å². The summed E-state index contributed by atoms with van der Waals surface area (Å²) in [6.45, 7) is 7.40. The summed E-state index contributed by atoms with van der Waals surface area (Å²) >= 11 is 0. The number of ether oxygens (including phenoxy) is 1. The van der Waals surface area contributed by atoms with E-state index in [0.717, 1.165) is 24.4 Å². The van der Waals surface area contributed by atoms with Gasteiger partial charge in [-0.25, -0.2) is 0 Å². The van der Waals surface area contributed by atoms with E-state index in [2.05, 4.69) is 26.1 Å². The third-order valence-electron chi connectivity index (χ3n) is 6.48. The van der Waals surface area contributed by atoms with Crippen molar-refractivity contribution in [1.82, 2.24) is 5.32 Å². The van der Waals surface area contributed by atoms with Crippen molar-refractivity contribution >= 4 is 17.5 Å². The first-order chi connectivity index (χ1) is 12.9. The van der Waals surface area contributed by atoms with Gasteiger partial charge < -0.3 is 15.0 Å². The van der Waals surface area contributed by atoms with E-state index in [1.54, 1.807) is 4.90 Å². The van der Waals surface area contributed by atoms with Crippen LogP contribution in [0.25, 0.3) is 0 Å². The number of carbonyl (C=O) groups is 2. The number of para-hydroxylation sites is 2. The highest BCUT2D eigenvalue weighted by molar-refractivity contribution is 5.98. The number of carbonyl (C=O) groups excluding carboxylic acids is 2. The third-order valence-corrected chi connectivity index (χ3v) is 6.48. The first kappa shape index (κ1) is 19.7. The lowest BCUT2D eigenvalue weighted by molar-refractivity contribution is -0.122. The van der Waals surface area contributed by atoms with Crippen LogP contribution < -0.4 is 15.0 Å². The molecule has 1 aromatic rings. The molecular weight excluding hydrogens is 340 g/mol. The lowest BCUT2D eigenvalue weighted by atomic mass is 9.69. The second kappa shape index (κ2) is 8.32. The van der Waals surface area contributed by atoms with Crippen LogP contribution in [0.1, 0.15) is 59.3 Å². The van der Waals surface area contributed by atoms with E-state index in [9.17, 15) is 9.59 Å². The molecule has 0 bridgehead atoms. The lowest BCUT2D eigenvalue weighted by Crippen LogP contribution is -2.43. The van der Waals surface area contributed by atoms with Crippen LogP contribution in [-0.4, -0.2) is 31.0 Å². The summed E-state index contributed by atoms with van der Waals surface area (Å²) in [6, 6.07) is 7.75. The van der Waals surface area contributed by atoms with Crippen LogP contribution in [0.15, 0.2) is 24.3 Å². The van der Waals surface area contributed by atoms with Crippen LogP contribution in [-0.2, 0) is 9.59 Å². The molecule has 1 heterocycles. The molecule has 1 saturated carbocycles. The minimum Gasteiger partial charge on any atom is -0.482 e. The van der Waals surface area contributed by atoms with Crippen molar-refractivity contribution in [3.8, 4) is 5.75 Å². The van der Waals surface area contributed by atoms with Gasteiger partial charge in [0.1, 0.15) is 5.75 Å². The minimum absolute atomic E-state index is 0.0324. The quantitative estimate of drug-likeness (QED) is 0.823. The van der Waals surface area contributed by atoms with Crippen molar-refractivity contribution in [1.29, 1.82) is 0 Å². The van der Waals surface area contributed by atoms with E-state index >= 15 is 0 Å². The van der Waals surface area contributed by atoms with Gasteiger partial charge in [-0.3, -0.25) is 9.59 Å². The van der Waals surface area contributed by atoms with Crippen LogP contribution >= 0.6 is 0 Å². The highest BCUT2D eigenvalue weighted by Crippen LogP contribution is 2.40. The van der Waals surface area contributed by atoms with Crippen LogP contribution in [0.4, 0.5) is 5.69 Å². The highest BCUT2D eigenvalue weighted by Gasteiger charge is 2.32. The SMILES string of the molecule is CCC(C)(C)C1CCC(NC(=O)CCN2C(=O)COc3ccccc32)CC1. The van der Waals surface area contributed by atoms with E-state index in [1.807, 2.05) is 24.3 Å². The summed E-state index contributed by atoms with van der Waals surface area (Å²) < 4.78 is 5.45. The lowest BCUT2D eigenvalue weighted by Gasteiger charge is -2.39. The molecule has 0 aromatic heterocycles. The molecule has 1 aliphatic heterocycles. The summed E-state index contributed by atoms with van der Waals surface area (Å²) in [5, 5.41) is 3.18. The standard InChI is InChI=1S/C22H32N2O3/c1-4-22(2,3)16-9-11-17(12-10-16)23-20(25)13-14-24-18-7-5-6-8-19(18)27-15-21(24)26/h5-8,16-17H,4,9-15H2,1-3H3,(H,23,25). The molecule has 0 radical (unpaired) electrons. The van der Waals surface area contributed by atoms with E-state index in [1.165, 1.54) is 19.3 Å². The Balaban J connectivity index is 1.48. The summed E-state index contributed by atoms with van der Waals surface area (Å²) in [4.78, 5) is 26.3. The Kier molecular flexibility index (Phi) is 6.08. The van der Waals surface area contributed by atoms with Crippen molar-refractivity contribution in [2.24, 2.45) is 11.3 Å². The van der Waals surface area contributed by atoms with E-state index < -0.39 is 0 Å². The third kappa shape index (κ3) is 4.63. The number of amides is 2.